The van der Waals surface area contributed by atoms with E-state index in [4.69, 9.17) is 4.42 Å². The van der Waals surface area contributed by atoms with Gasteiger partial charge in [0.05, 0.1) is 0 Å². The Kier molecular flexibility index (Phi) is 6.10. The molecule has 0 aliphatic carbocycles. The third kappa shape index (κ3) is 4.77. The highest BCUT2D eigenvalue weighted by Gasteiger charge is 2.26. The van der Waals surface area contributed by atoms with Gasteiger partial charge in [0.15, 0.2) is 0 Å². The van der Waals surface area contributed by atoms with Crippen molar-refractivity contribution < 1.29 is 14.0 Å². The summed E-state index contributed by atoms with van der Waals surface area (Å²) in [7, 11) is 1.45. The topological polar surface area (TPSA) is 97.1 Å². The van der Waals surface area contributed by atoms with Gasteiger partial charge in [-0.2, -0.15) is 0 Å². The van der Waals surface area contributed by atoms with Crippen molar-refractivity contribution in [2.75, 3.05) is 7.05 Å². The van der Waals surface area contributed by atoms with Crippen molar-refractivity contribution in [1.82, 2.24) is 20.8 Å². The Balaban J connectivity index is 1.86. The van der Waals surface area contributed by atoms with Gasteiger partial charge in [-0.3, -0.25) is 10.1 Å². The monoisotopic (exact) mass is 396 g/mol. The molecule has 3 amide bonds. The number of amides is 3. The van der Waals surface area contributed by atoms with E-state index in [0.717, 1.165) is 34.0 Å². The van der Waals surface area contributed by atoms with Crippen LogP contribution < -0.4 is 10.6 Å². The number of hydrogen-bond acceptors (Lipinski definition) is 6. The number of urea groups is 1. The lowest BCUT2D eigenvalue weighted by Crippen LogP contribution is -2.39. The van der Waals surface area contributed by atoms with Crippen molar-refractivity contribution in [2.45, 2.75) is 24.3 Å². The van der Waals surface area contributed by atoms with Gasteiger partial charge in [0, 0.05) is 12.6 Å². The van der Waals surface area contributed by atoms with E-state index in [1.807, 2.05) is 56.3 Å². The number of thioether (sulfide) groups is 1. The Morgan fingerprint density at radius 3 is 2.36 bits per heavy atom. The number of rotatable bonds is 5. The Labute approximate surface area is 166 Å². The van der Waals surface area contributed by atoms with Crippen molar-refractivity contribution >= 4 is 23.7 Å². The minimum Gasteiger partial charge on any atom is -0.411 e. The van der Waals surface area contributed by atoms with Crippen molar-refractivity contribution in [2.24, 2.45) is 0 Å². The molecule has 0 radical (unpaired) electrons. The minimum atomic E-state index is -0.717. The predicted octanol–water partition coefficient (Wildman–Crippen LogP) is 3.64. The highest BCUT2D eigenvalue weighted by atomic mass is 32.2. The first-order chi connectivity index (χ1) is 13.5. The predicted molar refractivity (Wildman–Crippen MR) is 107 cm³/mol. The van der Waals surface area contributed by atoms with E-state index >= 15 is 0 Å². The van der Waals surface area contributed by atoms with Crippen LogP contribution in [0.5, 0.6) is 0 Å². The number of carbonyl (C=O) groups excluding carboxylic acids is 2. The molecule has 0 aliphatic rings. The molecule has 0 bridgehead atoms. The number of nitrogens with zero attached hydrogens (tertiary/aromatic N) is 2. The lowest BCUT2D eigenvalue weighted by molar-refractivity contribution is -0.119. The quantitative estimate of drug-likeness (QED) is 0.639. The summed E-state index contributed by atoms with van der Waals surface area (Å²) in [5, 5.41) is 12.4. The molecule has 0 unspecified atom stereocenters. The average molecular weight is 396 g/mol. The molecule has 0 aliphatic heterocycles. The molecule has 0 fully saturated rings. The molecule has 1 aromatic heterocycles. The van der Waals surface area contributed by atoms with E-state index in [-0.39, 0.29) is 5.22 Å². The molecule has 3 aromatic rings. The zero-order valence-corrected chi connectivity index (χ0v) is 16.5. The maximum absolute atomic E-state index is 12.6. The van der Waals surface area contributed by atoms with Gasteiger partial charge in [-0.15, -0.1) is 10.2 Å². The van der Waals surface area contributed by atoms with Crippen LogP contribution in [0.15, 0.2) is 58.2 Å². The summed E-state index contributed by atoms with van der Waals surface area (Å²) in [6.45, 7) is 3.99. The zero-order chi connectivity index (χ0) is 20.1. The molecule has 8 heteroatoms. The lowest BCUT2D eigenvalue weighted by Gasteiger charge is -2.14. The second-order valence-electron chi connectivity index (χ2n) is 6.23. The van der Waals surface area contributed by atoms with Gasteiger partial charge in [0.1, 0.15) is 5.25 Å². The molecule has 144 valence electrons. The summed E-state index contributed by atoms with van der Waals surface area (Å²) in [4.78, 5) is 24.2. The van der Waals surface area contributed by atoms with Gasteiger partial charge in [-0.25, -0.2) is 4.79 Å². The lowest BCUT2D eigenvalue weighted by atomic mass is 10.1. The molecule has 28 heavy (non-hydrogen) atoms. The smallest absolute Gasteiger partial charge is 0.321 e. The standard InChI is InChI=1S/C20H20N4O3S/c1-12-9-13(2)11-15(10-12)18-23-24-20(27-18)28-16(14-7-5-4-6-8-14)17(25)22-19(26)21-3/h4-11,16H,1-3H3,(H2,21,22,25,26)/t16-/m0/s1. The minimum absolute atomic E-state index is 0.245. The van der Waals surface area contributed by atoms with E-state index in [1.54, 1.807) is 0 Å². The van der Waals surface area contributed by atoms with E-state index in [9.17, 15) is 9.59 Å². The molecule has 7 nitrogen and oxygen atoms in total. The zero-order valence-electron chi connectivity index (χ0n) is 15.7. The highest BCUT2D eigenvalue weighted by Crippen LogP contribution is 2.36. The number of benzene rings is 2. The molecule has 0 saturated carbocycles. The third-order valence-electron chi connectivity index (χ3n) is 3.90. The molecule has 0 saturated heterocycles. The number of imide groups is 1. The van der Waals surface area contributed by atoms with E-state index in [0.29, 0.717) is 5.89 Å². The Hall–Kier alpha value is -3.13. The number of aryl methyl sites for hydroxylation is 2. The SMILES string of the molecule is CNC(=O)NC(=O)[C@@H](Sc1nnc(-c2cc(C)cc(C)c2)o1)c1ccccc1. The van der Waals surface area contributed by atoms with Crippen molar-refractivity contribution in [3.05, 3.63) is 65.2 Å². The van der Waals surface area contributed by atoms with E-state index in [1.165, 1.54) is 7.05 Å². The molecule has 1 heterocycles. The molecular formula is C20H20N4O3S. The number of nitrogens with one attached hydrogen (secondary N) is 2. The van der Waals surface area contributed by atoms with Crippen molar-refractivity contribution in [3.8, 4) is 11.5 Å². The molecule has 3 rings (SSSR count). The summed E-state index contributed by atoms with van der Waals surface area (Å²) in [5.41, 5.74) is 3.73. The number of hydrogen-bond donors (Lipinski definition) is 2. The normalized spacial score (nSPS) is 11.7. The highest BCUT2D eigenvalue weighted by molar-refractivity contribution is 8.00. The largest absolute Gasteiger partial charge is 0.411 e. The summed E-state index contributed by atoms with van der Waals surface area (Å²) in [6.07, 6.45) is 0. The summed E-state index contributed by atoms with van der Waals surface area (Å²) in [6, 6.07) is 14.5. The summed E-state index contributed by atoms with van der Waals surface area (Å²) >= 11 is 1.09. The van der Waals surface area contributed by atoms with Crippen molar-refractivity contribution in [3.63, 3.8) is 0 Å². The number of carbonyl (C=O) groups is 2. The fraction of sp³-hybridized carbons (Fsp3) is 0.200. The molecule has 0 spiro atoms. The van der Waals surface area contributed by atoms with Gasteiger partial charge in [-0.1, -0.05) is 47.5 Å². The Morgan fingerprint density at radius 1 is 1.04 bits per heavy atom. The van der Waals surface area contributed by atoms with E-state index in [2.05, 4.69) is 26.9 Å². The maximum Gasteiger partial charge on any atom is 0.321 e. The summed E-state index contributed by atoms with van der Waals surface area (Å²) < 4.78 is 5.77. The first-order valence-corrected chi connectivity index (χ1v) is 9.50. The molecule has 2 N–H and O–H groups in total. The Bertz CT molecular complexity index is 968. The molecule has 2 aromatic carbocycles. The Morgan fingerprint density at radius 2 is 1.71 bits per heavy atom. The van der Waals surface area contributed by atoms with Crippen LogP contribution in [0, 0.1) is 13.8 Å². The first-order valence-electron chi connectivity index (χ1n) is 8.62. The van der Waals surface area contributed by atoms with Crippen LogP contribution in [0.1, 0.15) is 21.9 Å². The van der Waals surface area contributed by atoms with Gasteiger partial charge >= 0.3 is 6.03 Å². The van der Waals surface area contributed by atoms with Crippen LogP contribution in [0.4, 0.5) is 4.79 Å². The first kappa shape index (κ1) is 19.6. The van der Waals surface area contributed by atoms with Gasteiger partial charge in [0.25, 0.3) is 5.22 Å². The van der Waals surface area contributed by atoms with Crippen molar-refractivity contribution in [1.29, 1.82) is 0 Å². The third-order valence-corrected chi connectivity index (χ3v) is 4.99. The van der Waals surface area contributed by atoms with Crippen LogP contribution in [-0.2, 0) is 4.79 Å². The average Bonchev–Trinajstić information content (AvgIpc) is 3.14. The van der Waals surface area contributed by atoms with Crippen LogP contribution >= 0.6 is 11.8 Å². The second kappa shape index (κ2) is 8.71. The van der Waals surface area contributed by atoms with Crippen LogP contribution in [0.25, 0.3) is 11.5 Å². The fourth-order valence-electron chi connectivity index (χ4n) is 2.71. The summed E-state index contributed by atoms with van der Waals surface area (Å²) in [5.74, 6) is -0.0884. The second-order valence-corrected chi connectivity index (χ2v) is 7.28. The van der Waals surface area contributed by atoms with Gasteiger partial charge in [-0.05, 0) is 43.3 Å². The van der Waals surface area contributed by atoms with Crippen LogP contribution in [0.2, 0.25) is 0 Å². The fourth-order valence-corrected chi connectivity index (χ4v) is 3.59. The maximum atomic E-state index is 12.6. The van der Waals surface area contributed by atoms with Gasteiger partial charge < -0.3 is 9.73 Å². The number of aromatic nitrogens is 2. The van der Waals surface area contributed by atoms with E-state index < -0.39 is 17.2 Å². The molecular weight excluding hydrogens is 376 g/mol. The van der Waals surface area contributed by atoms with Crippen LogP contribution in [0.3, 0.4) is 0 Å². The van der Waals surface area contributed by atoms with Crippen LogP contribution in [-0.4, -0.2) is 29.2 Å². The van der Waals surface area contributed by atoms with Gasteiger partial charge in [0.2, 0.25) is 11.8 Å². The molecule has 1 atom stereocenters.